The van der Waals surface area contributed by atoms with Crippen molar-refractivity contribution in [1.82, 2.24) is 0 Å². The molecule has 0 aromatic rings. The van der Waals surface area contributed by atoms with Crippen LogP contribution in [0.3, 0.4) is 0 Å². The average molecular weight is 495 g/mol. The zero-order valence-corrected chi connectivity index (χ0v) is 22.6. The van der Waals surface area contributed by atoms with Gasteiger partial charge < -0.3 is 10.2 Å². The van der Waals surface area contributed by atoms with Gasteiger partial charge in [-0.15, -0.1) is 18.3 Å². The number of rotatable bonds is 22. The van der Waals surface area contributed by atoms with Crippen LogP contribution in [0.5, 0.6) is 0 Å². The standard InChI is InChI=1S/C33H50O3/c1-2-32(34)30-28-26-24-22-20-18-16-14-12-10-8-6-4-3-5-7-9-11-13-15-17-19-21-23-25-27-29-31-33(35)36/h1,25,27-28,30,32,34H,3-5,7,9-24,26H2,(H,35,36)/b27-25-,30-28+/t32-/m0/s1. The molecule has 0 aliphatic heterocycles. The third-order valence-electron chi connectivity index (χ3n) is 6.09. The van der Waals surface area contributed by atoms with Gasteiger partial charge >= 0.3 is 5.97 Å². The van der Waals surface area contributed by atoms with Crippen LogP contribution >= 0.6 is 0 Å². The molecule has 0 saturated carbocycles. The first-order valence-corrected chi connectivity index (χ1v) is 14.3. The second kappa shape index (κ2) is 28.8. The SMILES string of the molecule is C#C[C@H](O)/C=C/CCCCCCCCCC#CCCCCCCCCCCCC/C=C\C#CC(=O)O. The number of carboxylic acids is 1. The first-order valence-electron chi connectivity index (χ1n) is 14.3. The normalized spacial score (nSPS) is 11.6. The van der Waals surface area contributed by atoms with Gasteiger partial charge in [0.25, 0.3) is 0 Å². The van der Waals surface area contributed by atoms with Crippen molar-refractivity contribution in [2.75, 3.05) is 0 Å². The van der Waals surface area contributed by atoms with Crippen molar-refractivity contribution in [3.05, 3.63) is 24.3 Å². The maximum atomic E-state index is 10.2. The summed E-state index contributed by atoms with van der Waals surface area (Å²) in [5.41, 5.74) is 0. The number of hydrogen-bond acceptors (Lipinski definition) is 2. The van der Waals surface area contributed by atoms with Crippen molar-refractivity contribution in [3.63, 3.8) is 0 Å². The van der Waals surface area contributed by atoms with Gasteiger partial charge in [-0.3, -0.25) is 0 Å². The van der Waals surface area contributed by atoms with E-state index >= 15 is 0 Å². The highest BCUT2D eigenvalue weighted by molar-refractivity contribution is 5.86. The Morgan fingerprint density at radius 3 is 1.53 bits per heavy atom. The Morgan fingerprint density at radius 1 is 0.667 bits per heavy atom. The van der Waals surface area contributed by atoms with E-state index in [4.69, 9.17) is 11.5 Å². The van der Waals surface area contributed by atoms with Crippen molar-refractivity contribution in [3.8, 4) is 36.0 Å². The van der Waals surface area contributed by atoms with Crippen LogP contribution in [0, 0.1) is 36.0 Å². The summed E-state index contributed by atoms with van der Waals surface area (Å²) in [4.78, 5) is 10.2. The molecule has 0 unspecified atom stereocenters. The Bertz CT molecular complexity index is 733. The molecular weight excluding hydrogens is 444 g/mol. The molecule has 3 heteroatoms. The van der Waals surface area contributed by atoms with E-state index in [1.165, 1.54) is 103 Å². The molecule has 0 fully saturated rings. The second-order valence-corrected chi connectivity index (χ2v) is 9.46. The summed E-state index contributed by atoms with van der Waals surface area (Å²) in [6.45, 7) is 0. The summed E-state index contributed by atoms with van der Waals surface area (Å²) < 4.78 is 0. The number of aliphatic hydroxyl groups excluding tert-OH is 1. The fourth-order valence-corrected chi connectivity index (χ4v) is 3.95. The minimum Gasteiger partial charge on any atom is -0.472 e. The molecule has 200 valence electrons. The fourth-order valence-electron chi connectivity index (χ4n) is 3.95. The van der Waals surface area contributed by atoms with Crippen molar-refractivity contribution in [2.24, 2.45) is 0 Å². The van der Waals surface area contributed by atoms with Crippen LogP contribution in [-0.4, -0.2) is 22.3 Å². The Morgan fingerprint density at radius 2 is 1.08 bits per heavy atom. The lowest BCUT2D eigenvalue weighted by molar-refractivity contribution is -0.130. The Hall–Kier alpha value is -2.41. The molecule has 0 aliphatic carbocycles. The van der Waals surface area contributed by atoms with Crippen LogP contribution in [0.4, 0.5) is 0 Å². The lowest BCUT2D eigenvalue weighted by Gasteiger charge is -2.01. The maximum absolute atomic E-state index is 10.2. The highest BCUT2D eigenvalue weighted by Crippen LogP contribution is 2.12. The molecule has 36 heavy (non-hydrogen) atoms. The molecule has 0 radical (unpaired) electrons. The minimum atomic E-state index is -1.07. The summed E-state index contributed by atoms with van der Waals surface area (Å²) in [5, 5.41) is 17.6. The van der Waals surface area contributed by atoms with Crippen LogP contribution in [0.1, 0.15) is 135 Å². The highest BCUT2D eigenvalue weighted by Gasteiger charge is 1.94. The predicted octanol–water partition coefficient (Wildman–Crippen LogP) is 8.38. The van der Waals surface area contributed by atoms with E-state index in [-0.39, 0.29) is 0 Å². The minimum absolute atomic E-state index is 0.729. The van der Waals surface area contributed by atoms with E-state index in [0.717, 1.165) is 32.1 Å². The van der Waals surface area contributed by atoms with Crippen molar-refractivity contribution < 1.29 is 15.0 Å². The third-order valence-corrected chi connectivity index (χ3v) is 6.09. The highest BCUT2D eigenvalue weighted by atomic mass is 16.4. The zero-order chi connectivity index (χ0) is 26.4. The Kier molecular flexibility index (Phi) is 26.9. The molecule has 0 bridgehead atoms. The second-order valence-electron chi connectivity index (χ2n) is 9.46. The van der Waals surface area contributed by atoms with Gasteiger partial charge in [0.2, 0.25) is 0 Å². The summed E-state index contributed by atoms with van der Waals surface area (Å²) in [5.74, 6) is 12.5. The Balaban J connectivity index is 3.23. The predicted molar refractivity (Wildman–Crippen MR) is 153 cm³/mol. The molecule has 0 heterocycles. The van der Waals surface area contributed by atoms with Gasteiger partial charge in [0, 0.05) is 18.8 Å². The number of terminal acetylenes is 1. The quantitative estimate of drug-likeness (QED) is 0.0902. The summed E-state index contributed by atoms with van der Waals surface area (Å²) in [7, 11) is 0. The number of hydrogen-bond donors (Lipinski definition) is 2. The average Bonchev–Trinajstić information content (AvgIpc) is 2.87. The first kappa shape index (κ1) is 33.6. The number of aliphatic carboxylic acids is 1. The van der Waals surface area contributed by atoms with Crippen LogP contribution in [0.25, 0.3) is 0 Å². The van der Waals surface area contributed by atoms with E-state index in [0.29, 0.717) is 0 Å². The van der Waals surface area contributed by atoms with Gasteiger partial charge in [-0.25, -0.2) is 4.79 Å². The lowest BCUT2D eigenvalue weighted by Crippen LogP contribution is -1.95. The lowest BCUT2D eigenvalue weighted by atomic mass is 10.0. The molecule has 0 aliphatic rings. The molecule has 3 nitrogen and oxygen atoms in total. The molecule has 0 rings (SSSR count). The summed E-state index contributed by atoms with van der Waals surface area (Å²) in [6, 6.07) is 0. The van der Waals surface area contributed by atoms with Crippen LogP contribution in [-0.2, 0) is 4.79 Å². The Labute approximate surface area is 222 Å². The molecule has 0 spiro atoms. The van der Waals surface area contributed by atoms with Gasteiger partial charge in [-0.1, -0.05) is 107 Å². The van der Waals surface area contributed by atoms with Gasteiger partial charge in [-0.2, -0.15) is 0 Å². The zero-order valence-electron chi connectivity index (χ0n) is 22.6. The number of carboxylic acid groups (broad SMARTS) is 1. The van der Waals surface area contributed by atoms with Gasteiger partial charge in [0.05, 0.1) is 0 Å². The van der Waals surface area contributed by atoms with Gasteiger partial charge in [-0.05, 0) is 50.7 Å². The van der Waals surface area contributed by atoms with Crippen molar-refractivity contribution >= 4 is 5.97 Å². The van der Waals surface area contributed by atoms with Crippen molar-refractivity contribution in [2.45, 2.75) is 141 Å². The smallest absolute Gasteiger partial charge is 0.382 e. The number of unbranched alkanes of at least 4 members (excludes halogenated alkanes) is 19. The number of allylic oxidation sites excluding steroid dienone is 3. The monoisotopic (exact) mass is 494 g/mol. The fraction of sp³-hybridized carbons (Fsp3) is 0.667. The van der Waals surface area contributed by atoms with Crippen LogP contribution in [0.2, 0.25) is 0 Å². The molecular formula is C33H50O3. The van der Waals surface area contributed by atoms with E-state index < -0.39 is 12.1 Å². The van der Waals surface area contributed by atoms with Crippen LogP contribution < -0.4 is 0 Å². The molecule has 0 amide bonds. The van der Waals surface area contributed by atoms with E-state index in [2.05, 4.69) is 29.6 Å². The number of aliphatic hydroxyl groups is 1. The van der Waals surface area contributed by atoms with E-state index in [1.807, 2.05) is 12.2 Å². The first-order chi connectivity index (χ1) is 17.7. The summed E-state index contributed by atoms with van der Waals surface area (Å²) >= 11 is 0. The van der Waals surface area contributed by atoms with Crippen LogP contribution in [0.15, 0.2) is 24.3 Å². The number of carbonyl (C=O) groups is 1. The topological polar surface area (TPSA) is 57.5 Å². The van der Waals surface area contributed by atoms with Crippen molar-refractivity contribution in [1.29, 1.82) is 0 Å². The molecule has 0 aromatic heterocycles. The molecule has 2 N–H and O–H groups in total. The molecule has 1 atom stereocenters. The largest absolute Gasteiger partial charge is 0.472 e. The molecule has 0 aromatic carbocycles. The van der Waals surface area contributed by atoms with E-state index in [1.54, 1.807) is 12.2 Å². The third kappa shape index (κ3) is 29.6. The van der Waals surface area contributed by atoms with E-state index in [9.17, 15) is 9.90 Å². The van der Waals surface area contributed by atoms with Gasteiger partial charge in [0.1, 0.15) is 6.10 Å². The maximum Gasteiger partial charge on any atom is 0.382 e. The molecule has 0 saturated heterocycles. The van der Waals surface area contributed by atoms with Gasteiger partial charge in [0.15, 0.2) is 0 Å². The summed E-state index contributed by atoms with van der Waals surface area (Å²) in [6.07, 6.45) is 37.6.